The van der Waals surface area contributed by atoms with Gasteiger partial charge in [0.2, 0.25) is 23.3 Å². The second-order valence-electron chi connectivity index (χ2n) is 17.9. The minimum Gasteiger partial charge on any atom is -0.465 e. The van der Waals surface area contributed by atoms with E-state index in [4.69, 9.17) is 17.6 Å². The number of carbonyl (C=O) groups excluding carboxylic acids is 4. The van der Waals surface area contributed by atoms with E-state index >= 15 is 0 Å². The molecule has 0 unspecified atom stereocenters. The lowest BCUT2D eigenvalue weighted by Crippen LogP contribution is -2.38. The van der Waals surface area contributed by atoms with Gasteiger partial charge in [-0.2, -0.15) is 9.97 Å². The molecule has 4 N–H and O–H groups in total. The Balaban J connectivity index is 0.000000695. The minimum absolute atomic E-state index is 0. The van der Waals surface area contributed by atoms with Crippen LogP contribution in [0.2, 0.25) is 0 Å². The van der Waals surface area contributed by atoms with Gasteiger partial charge in [-0.25, -0.2) is 9.97 Å². The van der Waals surface area contributed by atoms with Crippen LogP contribution in [-0.4, -0.2) is 141 Å². The molecule has 2 amide bonds. The Morgan fingerprint density at radius 3 is 1.72 bits per heavy atom. The first-order valence-electron chi connectivity index (χ1n) is 24.9. The van der Waals surface area contributed by atoms with Gasteiger partial charge in [0, 0.05) is 66.7 Å². The van der Waals surface area contributed by atoms with Crippen molar-refractivity contribution in [1.82, 2.24) is 39.5 Å². The number of hydrogen-bond acceptors (Lipinski definition) is 17. The quantitative estimate of drug-likeness (QED) is 0.0516. The number of nitrogens with two attached hydrogens (primary N) is 2. The molecule has 0 bridgehead atoms. The number of Topliss-reactive ketones (excluding diaryl/α,β-unsaturated/α-hetero) is 1. The third kappa shape index (κ3) is 17.6. The first kappa shape index (κ1) is 63.6. The van der Waals surface area contributed by atoms with Gasteiger partial charge in [-0.15, -0.1) is 12.4 Å². The molecule has 21 heteroatoms. The van der Waals surface area contributed by atoms with E-state index in [1.54, 1.807) is 25.9 Å². The maximum Gasteiger partial charge on any atom is 0.353 e. The fourth-order valence-electron chi connectivity index (χ4n) is 8.91. The monoisotopic (exact) mass is 1050 g/mol. The topological polar surface area (TPSA) is 244 Å². The molecule has 2 aromatic heterocycles. The lowest BCUT2D eigenvalue weighted by Gasteiger charge is -2.30. The number of fused-ring (bicyclic) bond motifs is 1. The molecule has 0 saturated carbocycles. The highest BCUT2D eigenvalue weighted by molar-refractivity contribution is 5.95. The number of nitro groups is 1. The maximum absolute atomic E-state index is 12.9. The van der Waals surface area contributed by atoms with Gasteiger partial charge in [-0.1, -0.05) is 92.1 Å². The molecule has 5 heterocycles. The van der Waals surface area contributed by atoms with Crippen LogP contribution in [-0.2, 0) is 46.9 Å². The van der Waals surface area contributed by atoms with Crippen molar-refractivity contribution >= 4 is 64.9 Å². The molecule has 4 aromatic rings. The predicted octanol–water partition coefficient (Wildman–Crippen LogP) is 7.85. The fourth-order valence-corrected chi connectivity index (χ4v) is 8.91. The Bertz CT molecular complexity index is 2480. The largest absolute Gasteiger partial charge is 0.465 e. The average Bonchev–Trinajstić information content (AvgIpc) is 4.07. The molecule has 2 fully saturated rings. The van der Waals surface area contributed by atoms with Gasteiger partial charge in [0.15, 0.2) is 5.78 Å². The number of nitrogens with zero attached hydrogens (tertiary/aromatic N) is 11. The second-order valence-corrected chi connectivity index (χ2v) is 17.9. The molecule has 2 saturated heterocycles. The molecule has 0 aliphatic carbocycles. The van der Waals surface area contributed by atoms with Crippen LogP contribution < -0.4 is 21.3 Å². The summed E-state index contributed by atoms with van der Waals surface area (Å²) in [5.41, 5.74) is 16.5. The van der Waals surface area contributed by atoms with Crippen LogP contribution in [0.1, 0.15) is 139 Å². The standard InChI is InChI=1S/C25H35N7O5.C24H32N6O2.4CH4.ClH/c1-4-11-29(3)25(34)23-27-22(26)21(32(35)36)24(28-23)31(17-20(33)37-5-2)16-19-10-8-9-18(14-19)15-30-12-6-7-13-30;1-3-9-28(2)24(32)22-26-21(25)20-13-19(31)16-30(23(20)27-22)15-18-8-6-7-17(12-18)14-29-10-4-5-11-29;;;;;/h8-10,14H,4-7,11-13,15-17H2,1-3H3,(H2,26,27,28);6-8,12H,3-5,9-11,13-16H2,1-2H3,(H2,25,26,27);4*1H4;1H/i;;1D;;;;. The number of ketones is 1. The van der Waals surface area contributed by atoms with Crippen molar-refractivity contribution < 1.29 is 30.2 Å². The lowest BCUT2D eigenvalue weighted by molar-refractivity contribution is -0.383. The highest BCUT2D eigenvalue weighted by Crippen LogP contribution is 2.33. The van der Waals surface area contributed by atoms with E-state index in [0.29, 0.717) is 37.4 Å². The summed E-state index contributed by atoms with van der Waals surface area (Å²) in [5.74, 6) is -1.33. The van der Waals surface area contributed by atoms with Crippen molar-refractivity contribution in [2.24, 2.45) is 0 Å². The summed E-state index contributed by atoms with van der Waals surface area (Å²) in [5, 5.41) is 12.0. The average molecular weight is 1050 g/mol. The smallest absolute Gasteiger partial charge is 0.353 e. The Morgan fingerprint density at radius 1 is 0.743 bits per heavy atom. The third-order valence-electron chi connectivity index (χ3n) is 12.2. The summed E-state index contributed by atoms with van der Waals surface area (Å²) >= 11 is 0. The Labute approximate surface area is 447 Å². The lowest BCUT2D eigenvalue weighted by atomic mass is 10.0. The summed E-state index contributed by atoms with van der Waals surface area (Å²) in [6.45, 7) is 13.5. The first-order chi connectivity index (χ1) is 34.2. The predicted molar refractivity (Wildman–Crippen MR) is 298 cm³/mol. The van der Waals surface area contributed by atoms with E-state index in [0.717, 1.165) is 62.4 Å². The number of nitrogen functional groups attached to an aromatic ring is 2. The van der Waals surface area contributed by atoms with E-state index in [-0.39, 0.29) is 102 Å². The number of likely N-dealkylation sites (tertiary alicyclic amines) is 2. The van der Waals surface area contributed by atoms with E-state index in [1.807, 2.05) is 43.0 Å². The van der Waals surface area contributed by atoms with Crippen molar-refractivity contribution in [2.75, 3.05) is 94.3 Å². The normalized spacial score (nSPS) is 13.8. The highest BCUT2D eigenvalue weighted by Gasteiger charge is 2.32. The molecule has 74 heavy (non-hydrogen) atoms. The molecule has 2 aromatic carbocycles. The van der Waals surface area contributed by atoms with Gasteiger partial charge >= 0.3 is 11.7 Å². The zero-order chi connectivity index (χ0) is 51.6. The highest BCUT2D eigenvalue weighted by atomic mass is 35.5. The van der Waals surface area contributed by atoms with E-state index < -0.39 is 28.3 Å². The SMILES string of the molecule is C.C.C.CCCN(C)C(=O)c1nc(N)c([N+](=O)[O-])c(N(CC(=O)OCC)Cc2cccc(CN3CCCC3)c2)n1.CCCN(C)C(=O)c1nc(N)c2c(n1)N(Cc1cccc(CN3CCCC3)c1)CC(=O)C2.Cl.[2H]C. The molecule has 3 aliphatic heterocycles. The van der Waals surface area contributed by atoms with Gasteiger partial charge in [0.05, 0.1) is 18.1 Å². The van der Waals surface area contributed by atoms with Crippen LogP contribution >= 0.6 is 12.4 Å². The van der Waals surface area contributed by atoms with Gasteiger partial charge in [0.25, 0.3) is 11.8 Å². The van der Waals surface area contributed by atoms with Crippen molar-refractivity contribution in [3.63, 3.8) is 0 Å². The number of halogens is 1. The number of amides is 2. The summed E-state index contributed by atoms with van der Waals surface area (Å²) in [7, 11) is 4.58. The molecule has 7 rings (SSSR count). The molecular formula is C53H84ClN13O7. The van der Waals surface area contributed by atoms with Crippen molar-refractivity contribution in [3.05, 3.63) is 98.1 Å². The Morgan fingerprint density at radius 2 is 1.22 bits per heavy atom. The number of hydrogen-bond donors (Lipinski definition) is 2. The Kier molecular flexibility index (Phi) is 26.9. The van der Waals surface area contributed by atoms with Crippen LogP contribution in [0.3, 0.4) is 0 Å². The van der Waals surface area contributed by atoms with Crippen LogP contribution in [0.4, 0.5) is 29.0 Å². The van der Waals surface area contributed by atoms with Crippen LogP contribution in [0.15, 0.2) is 48.5 Å². The molecule has 0 atom stereocenters. The van der Waals surface area contributed by atoms with Gasteiger partial charge in [-0.3, -0.25) is 39.1 Å². The first-order valence-corrected chi connectivity index (χ1v) is 23.9. The van der Waals surface area contributed by atoms with E-state index in [9.17, 15) is 29.3 Å². The third-order valence-corrected chi connectivity index (χ3v) is 12.2. The number of aromatic nitrogens is 4. The zero-order valence-electron chi connectivity index (χ0n) is 43.1. The van der Waals surface area contributed by atoms with Crippen LogP contribution in [0, 0.1) is 10.1 Å². The van der Waals surface area contributed by atoms with Crippen molar-refractivity contribution in [3.8, 4) is 0 Å². The van der Waals surface area contributed by atoms with Gasteiger partial charge in [0.1, 0.15) is 18.2 Å². The van der Waals surface area contributed by atoms with Crippen molar-refractivity contribution in [1.29, 1.82) is 0 Å². The number of anilines is 4. The summed E-state index contributed by atoms with van der Waals surface area (Å²) in [6.07, 6.45) is 6.65. The summed E-state index contributed by atoms with van der Waals surface area (Å²) < 4.78 is 10.9. The number of benzene rings is 2. The molecular weight excluding hydrogens is 966 g/mol. The van der Waals surface area contributed by atoms with Crippen LogP contribution in [0.5, 0.6) is 0 Å². The van der Waals surface area contributed by atoms with Gasteiger partial charge < -0.3 is 35.8 Å². The molecule has 3 aliphatic rings. The molecule has 0 spiro atoms. The summed E-state index contributed by atoms with van der Waals surface area (Å²) in [4.78, 5) is 90.1. The van der Waals surface area contributed by atoms with Crippen molar-refractivity contribution in [2.45, 2.75) is 122 Å². The number of carbonyl (C=O) groups is 4. The molecule has 20 nitrogen and oxygen atoms in total. The molecule has 0 radical (unpaired) electrons. The van der Waals surface area contributed by atoms with E-state index in [2.05, 4.69) is 54.0 Å². The Hall–Kier alpha value is -6.51. The van der Waals surface area contributed by atoms with Gasteiger partial charge in [-0.05, 0) is 93.9 Å². The fraction of sp³-hybridized carbons (Fsp3) is 0.547. The number of ether oxygens (including phenoxy) is 1. The molecule has 410 valence electrons. The van der Waals surface area contributed by atoms with E-state index in [1.165, 1.54) is 48.4 Å². The zero-order valence-corrected chi connectivity index (χ0v) is 42.9. The summed E-state index contributed by atoms with van der Waals surface area (Å²) in [6, 6.07) is 16.3. The number of rotatable bonds is 19. The second kappa shape index (κ2) is 31.3. The number of esters is 1. The minimum atomic E-state index is -0.698. The van der Waals surface area contributed by atoms with Crippen LogP contribution in [0.25, 0.3) is 0 Å². The maximum atomic E-state index is 12.9.